The minimum Gasteiger partial charge on any atom is -0.353 e. The molecule has 0 spiro atoms. The molecule has 0 aliphatic rings. The van der Waals surface area contributed by atoms with Crippen LogP contribution in [-0.4, -0.2) is 9.13 Å². The summed E-state index contributed by atoms with van der Waals surface area (Å²) < 4.78 is 46.2. The number of hydrogen-bond donors (Lipinski definition) is 1. The second-order valence-electron chi connectivity index (χ2n) is 12.7. The van der Waals surface area contributed by atoms with E-state index < -0.39 is 6.04 Å². The third-order valence-electron chi connectivity index (χ3n) is 9.81. The van der Waals surface area contributed by atoms with Gasteiger partial charge in [-0.05, 0) is 71.3 Å². The zero-order valence-corrected chi connectivity index (χ0v) is 27.5. The zero-order chi connectivity index (χ0) is 38.1. The van der Waals surface area contributed by atoms with Crippen LogP contribution in [0.2, 0.25) is 0 Å². The summed E-state index contributed by atoms with van der Waals surface area (Å²) in [5, 5.41) is 8.48. The third kappa shape index (κ3) is 4.82. The molecule has 0 aliphatic heterocycles. The van der Waals surface area contributed by atoms with E-state index in [2.05, 4.69) is 148 Å². The number of hydrogen-bond acceptors (Lipinski definition) is 1. The summed E-state index contributed by atoms with van der Waals surface area (Å²) in [6.45, 7) is 0. The van der Waals surface area contributed by atoms with Gasteiger partial charge in [0.2, 0.25) is 0 Å². The highest BCUT2D eigenvalue weighted by atomic mass is 15.0. The molecule has 1 N–H and O–H groups in total. The Bertz CT molecular complexity index is 3080. The van der Waals surface area contributed by atoms with Crippen molar-refractivity contribution in [3.05, 3.63) is 194 Å². The van der Waals surface area contributed by atoms with Gasteiger partial charge < -0.3 is 14.5 Å². The minimum atomic E-state index is -0.404. The van der Waals surface area contributed by atoms with Crippen molar-refractivity contribution < 1.29 is 6.85 Å². The number of rotatable bonds is 6. The molecule has 0 aliphatic carbocycles. The van der Waals surface area contributed by atoms with Crippen LogP contribution in [0, 0.1) is 0 Å². The van der Waals surface area contributed by atoms with Crippen LogP contribution in [0.15, 0.2) is 194 Å². The summed E-state index contributed by atoms with van der Waals surface area (Å²) in [6.07, 6.45) is 0. The number of aromatic nitrogens is 2. The van der Waals surface area contributed by atoms with Crippen molar-refractivity contribution in [2.75, 3.05) is 5.32 Å². The number of nitrogens with zero attached hydrogens (tertiary/aromatic N) is 2. The van der Waals surface area contributed by atoms with Gasteiger partial charge in [-0.2, -0.15) is 0 Å². The quantitative estimate of drug-likeness (QED) is 0.189. The van der Waals surface area contributed by atoms with E-state index in [1.165, 1.54) is 10.8 Å². The first-order chi connectivity index (χ1) is 27.4. The van der Waals surface area contributed by atoms with E-state index in [0.717, 1.165) is 66.7 Å². The summed E-state index contributed by atoms with van der Waals surface area (Å²) in [5.74, 6) is 0. The van der Waals surface area contributed by atoms with Crippen molar-refractivity contribution in [2.24, 2.45) is 0 Å². The van der Waals surface area contributed by atoms with E-state index in [9.17, 15) is 0 Å². The van der Waals surface area contributed by atoms with Crippen LogP contribution in [-0.2, 0) is 0 Å². The molecular weight excluding hydrogens is 619 g/mol. The van der Waals surface area contributed by atoms with Crippen molar-refractivity contribution in [1.82, 2.24) is 9.13 Å². The molecule has 51 heavy (non-hydrogen) atoms. The maximum absolute atomic E-state index is 8.54. The number of benzene rings is 8. The van der Waals surface area contributed by atoms with Gasteiger partial charge in [0.05, 0.1) is 40.3 Å². The molecule has 8 aromatic carbocycles. The van der Waals surface area contributed by atoms with Crippen LogP contribution < -0.4 is 5.32 Å². The number of anilines is 2. The van der Waals surface area contributed by atoms with Crippen molar-refractivity contribution >= 4 is 55.0 Å². The highest BCUT2D eigenvalue weighted by molar-refractivity contribution is 6.12. The first kappa shape index (κ1) is 24.3. The monoisotopic (exact) mass is 656 g/mol. The predicted octanol–water partition coefficient (Wildman–Crippen LogP) is 13.0. The van der Waals surface area contributed by atoms with Gasteiger partial charge in [0.25, 0.3) is 0 Å². The lowest BCUT2D eigenvalue weighted by molar-refractivity contribution is 1.18. The lowest BCUT2D eigenvalue weighted by Crippen LogP contribution is -2.03. The molecule has 0 atom stereocenters. The van der Waals surface area contributed by atoms with E-state index >= 15 is 0 Å². The summed E-state index contributed by atoms with van der Waals surface area (Å²) >= 11 is 0. The van der Waals surface area contributed by atoms with Crippen molar-refractivity contribution in [3.8, 4) is 33.6 Å². The van der Waals surface area contributed by atoms with Crippen molar-refractivity contribution in [1.29, 1.82) is 0 Å². The summed E-state index contributed by atoms with van der Waals surface area (Å²) in [7, 11) is 0. The van der Waals surface area contributed by atoms with Gasteiger partial charge in [-0.1, -0.05) is 139 Å². The van der Waals surface area contributed by atoms with Gasteiger partial charge in [0.1, 0.15) is 0 Å². The van der Waals surface area contributed by atoms with E-state index in [1.54, 1.807) is 0 Å². The van der Waals surface area contributed by atoms with Crippen LogP contribution in [0.1, 0.15) is 6.85 Å². The molecule has 3 heteroatoms. The molecule has 10 rings (SSSR count). The standard InChI is InChI=1S/C48H33N3/c1-3-14-33(15-4-1)34-26-29-36(30-27-34)49-48-38(21-13-25-46(48)51-44-23-11-8-18-39(44)40-19-9-12-24-45(40)51)35-28-31-42-41-20-7-10-22-43(41)50(47(42)32-35)37-16-5-2-6-17-37/h1-32,49H/i1D,3D,4D,14D,15D. The van der Waals surface area contributed by atoms with Crippen LogP contribution in [0.25, 0.3) is 77.2 Å². The van der Waals surface area contributed by atoms with Crippen LogP contribution in [0.4, 0.5) is 11.4 Å². The van der Waals surface area contributed by atoms with Crippen LogP contribution in [0.5, 0.6) is 0 Å². The minimum absolute atomic E-state index is 0.177. The van der Waals surface area contributed by atoms with Gasteiger partial charge in [-0.25, -0.2) is 0 Å². The van der Waals surface area contributed by atoms with Crippen molar-refractivity contribution in [2.45, 2.75) is 0 Å². The fourth-order valence-electron chi connectivity index (χ4n) is 7.53. The Hall–Kier alpha value is -6.84. The second kappa shape index (κ2) is 11.9. The normalized spacial score (nSPS) is 12.9. The summed E-state index contributed by atoms with van der Waals surface area (Å²) in [5.41, 5.74) is 10.9. The lowest BCUT2D eigenvalue weighted by Gasteiger charge is -2.20. The van der Waals surface area contributed by atoms with E-state index in [0.29, 0.717) is 5.56 Å². The maximum atomic E-state index is 8.54. The van der Waals surface area contributed by atoms with Crippen LogP contribution in [0.3, 0.4) is 0 Å². The van der Waals surface area contributed by atoms with Gasteiger partial charge in [0.15, 0.2) is 0 Å². The Morgan fingerprint density at radius 3 is 1.65 bits per heavy atom. The zero-order valence-electron chi connectivity index (χ0n) is 32.5. The summed E-state index contributed by atoms with van der Waals surface area (Å²) in [4.78, 5) is 0. The lowest BCUT2D eigenvalue weighted by atomic mass is 9.99. The fraction of sp³-hybridized carbons (Fsp3) is 0. The Morgan fingerprint density at radius 1 is 0.412 bits per heavy atom. The van der Waals surface area contributed by atoms with E-state index in [4.69, 9.17) is 6.85 Å². The first-order valence-corrected chi connectivity index (χ1v) is 17.0. The Kier molecular flexibility index (Phi) is 5.69. The maximum Gasteiger partial charge on any atom is 0.0708 e. The summed E-state index contributed by atoms with van der Waals surface area (Å²) in [6, 6.07) is 54.9. The molecule has 0 saturated carbocycles. The average Bonchev–Trinajstić information content (AvgIpc) is 3.76. The molecule has 240 valence electrons. The molecule has 0 radical (unpaired) electrons. The smallest absolute Gasteiger partial charge is 0.0708 e. The Balaban J connectivity index is 1.20. The van der Waals surface area contributed by atoms with Crippen LogP contribution >= 0.6 is 0 Å². The second-order valence-corrected chi connectivity index (χ2v) is 12.7. The predicted molar refractivity (Wildman–Crippen MR) is 216 cm³/mol. The molecule has 0 amide bonds. The van der Waals surface area contributed by atoms with Gasteiger partial charge >= 0.3 is 0 Å². The molecule has 2 heterocycles. The van der Waals surface area contributed by atoms with Crippen molar-refractivity contribution in [3.63, 3.8) is 0 Å². The Morgan fingerprint density at radius 2 is 0.980 bits per heavy atom. The molecular formula is C48H33N3. The molecule has 2 aromatic heterocycles. The molecule has 0 fully saturated rings. The fourth-order valence-corrected chi connectivity index (χ4v) is 7.53. The molecule has 0 bridgehead atoms. The highest BCUT2D eigenvalue weighted by Gasteiger charge is 2.19. The highest BCUT2D eigenvalue weighted by Crippen LogP contribution is 2.42. The third-order valence-corrected chi connectivity index (χ3v) is 9.81. The van der Waals surface area contributed by atoms with E-state index in [1.807, 2.05) is 30.3 Å². The first-order valence-electron chi connectivity index (χ1n) is 19.5. The molecule has 0 unspecified atom stereocenters. The van der Waals surface area contributed by atoms with Gasteiger partial charge in [0, 0.05) is 38.5 Å². The SMILES string of the molecule is [2H]c1c([2H])c([2H])c(-c2ccc(Nc3c(-c4ccc5c6ccccc6n(-c6ccccc6)c5c4)cccc3-n3c4ccccc4c4ccccc43)cc2)c([2H])c1[2H]. The number of nitrogens with one attached hydrogen (secondary N) is 1. The topological polar surface area (TPSA) is 21.9 Å². The average molecular weight is 657 g/mol. The van der Waals surface area contributed by atoms with Gasteiger partial charge in [-0.3, -0.25) is 0 Å². The number of para-hydroxylation sites is 5. The van der Waals surface area contributed by atoms with Gasteiger partial charge in [-0.15, -0.1) is 0 Å². The molecule has 10 aromatic rings. The van der Waals surface area contributed by atoms with E-state index in [-0.39, 0.29) is 29.7 Å². The Labute approximate surface area is 303 Å². The largest absolute Gasteiger partial charge is 0.353 e. The molecule has 0 saturated heterocycles. The molecule has 3 nitrogen and oxygen atoms in total. The number of fused-ring (bicyclic) bond motifs is 6.